The van der Waals surface area contributed by atoms with Crippen molar-refractivity contribution < 1.29 is 23.8 Å². The van der Waals surface area contributed by atoms with Gasteiger partial charge in [-0.25, -0.2) is 0 Å². The highest BCUT2D eigenvalue weighted by atomic mass is 16.5. The van der Waals surface area contributed by atoms with Crippen LogP contribution in [-0.2, 0) is 11.2 Å². The van der Waals surface area contributed by atoms with E-state index in [-0.39, 0.29) is 40.4 Å². The van der Waals surface area contributed by atoms with Crippen molar-refractivity contribution in [1.82, 2.24) is 10.3 Å². The van der Waals surface area contributed by atoms with Crippen molar-refractivity contribution in [2.75, 3.05) is 20.3 Å². The van der Waals surface area contributed by atoms with Crippen LogP contribution in [-0.4, -0.2) is 36.3 Å². The SMILES string of the molecule is COc1ccc(-c2coc3cc(OCC(=O)NCCc4ccccn4)cc(O)c3c2=O)cc1. The van der Waals surface area contributed by atoms with E-state index in [1.165, 1.54) is 18.4 Å². The van der Waals surface area contributed by atoms with E-state index >= 15 is 0 Å². The van der Waals surface area contributed by atoms with E-state index in [0.29, 0.717) is 29.8 Å². The molecule has 2 heterocycles. The van der Waals surface area contributed by atoms with Crippen LogP contribution in [0.1, 0.15) is 5.69 Å². The minimum absolute atomic E-state index is 0.0375. The summed E-state index contributed by atoms with van der Waals surface area (Å²) in [6, 6.07) is 15.3. The molecule has 2 N–H and O–H groups in total. The van der Waals surface area contributed by atoms with Crippen LogP contribution in [0, 0.1) is 0 Å². The maximum atomic E-state index is 13.0. The Morgan fingerprint density at radius 2 is 1.94 bits per heavy atom. The number of phenols is 1. The number of hydrogen-bond donors (Lipinski definition) is 2. The topological polar surface area (TPSA) is 111 Å². The molecule has 0 aliphatic carbocycles. The van der Waals surface area contributed by atoms with Gasteiger partial charge in [0.1, 0.15) is 34.5 Å². The molecule has 0 saturated carbocycles. The zero-order valence-electron chi connectivity index (χ0n) is 17.9. The molecule has 168 valence electrons. The fourth-order valence-electron chi connectivity index (χ4n) is 3.34. The number of benzene rings is 2. The molecular formula is C25H22N2O6. The predicted octanol–water partition coefficient (Wildman–Crippen LogP) is 3.31. The van der Waals surface area contributed by atoms with Crippen LogP contribution in [0.4, 0.5) is 0 Å². The highest BCUT2D eigenvalue weighted by Gasteiger charge is 2.15. The number of nitrogens with zero attached hydrogens (tertiary/aromatic N) is 1. The van der Waals surface area contributed by atoms with Crippen molar-refractivity contribution in [3.8, 4) is 28.4 Å². The first-order valence-corrected chi connectivity index (χ1v) is 10.3. The highest BCUT2D eigenvalue weighted by molar-refractivity contribution is 5.88. The van der Waals surface area contributed by atoms with Gasteiger partial charge >= 0.3 is 0 Å². The molecule has 33 heavy (non-hydrogen) atoms. The lowest BCUT2D eigenvalue weighted by Gasteiger charge is -2.10. The average Bonchev–Trinajstić information content (AvgIpc) is 2.83. The van der Waals surface area contributed by atoms with Crippen LogP contribution in [0.3, 0.4) is 0 Å². The van der Waals surface area contributed by atoms with Crippen molar-refractivity contribution in [3.05, 3.63) is 83.0 Å². The Hall–Kier alpha value is -4.33. The number of methoxy groups -OCH3 is 1. The molecule has 0 spiro atoms. The van der Waals surface area contributed by atoms with E-state index in [1.54, 1.807) is 37.6 Å². The average molecular weight is 446 g/mol. The zero-order valence-corrected chi connectivity index (χ0v) is 17.9. The molecule has 0 saturated heterocycles. The van der Waals surface area contributed by atoms with Gasteiger partial charge in [-0.05, 0) is 29.8 Å². The fraction of sp³-hybridized carbons (Fsp3) is 0.160. The van der Waals surface area contributed by atoms with Gasteiger partial charge in [-0.3, -0.25) is 14.6 Å². The molecule has 8 heteroatoms. The molecular weight excluding hydrogens is 424 g/mol. The number of rotatable bonds is 8. The van der Waals surface area contributed by atoms with Crippen molar-refractivity contribution in [2.45, 2.75) is 6.42 Å². The monoisotopic (exact) mass is 446 g/mol. The number of aromatic hydroxyl groups is 1. The third-order valence-corrected chi connectivity index (χ3v) is 5.03. The predicted molar refractivity (Wildman–Crippen MR) is 123 cm³/mol. The fourth-order valence-corrected chi connectivity index (χ4v) is 3.34. The minimum atomic E-state index is -0.377. The number of nitrogens with one attached hydrogen (secondary N) is 1. The lowest BCUT2D eigenvalue weighted by Crippen LogP contribution is -2.30. The van der Waals surface area contributed by atoms with Crippen LogP contribution >= 0.6 is 0 Å². The van der Waals surface area contributed by atoms with Gasteiger partial charge in [-0.2, -0.15) is 0 Å². The van der Waals surface area contributed by atoms with E-state index in [0.717, 1.165) is 5.69 Å². The standard InChI is InChI=1S/C25H22N2O6/c1-31-18-7-5-16(6-8-18)20-14-33-22-13-19(12-21(28)24(22)25(20)30)32-15-23(29)27-11-9-17-4-2-3-10-26-17/h2-8,10,12-14,28H,9,11,15H2,1H3,(H,27,29). The third kappa shape index (κ3) is 5.12. The largest absolute Gasteiger partial charge is 0.507 e. The molecule has 0 atom stereocenters. The van der Waals surface area contributed by atoms with Crippen molar-refractivity contribution in [2.24, 2.45) is 0 Å². The summed E-state index contributed by atoms with van der Waals surface area (Å²) in [5, 5.41) is 13.2. The summed E-state index contributed by atoms with van der Waals surface area (Å²) >= 11 is 0. The Balaban J connectivity index is 1.44. The van der Waals surface area contributed by atoms with E-state index in [1.807, 2.05) is 18.2 Å². The second-order valence-corrected chi connectivity index (χ2v) is 7.23. The number of amides is 1. The van der Waals surface area contributed by atoms with Gasteiger partial charge in [0.25, 0.3) is 5.91 Å². The summed E-state index contributed by atoms with van der Waals surface area (Å²) in [5.74, 6) is 0.263. The zero-order chi connectivity index (χ0) is 23.2. The van der Waals surface area contributed by atoms with Gasteiger partial charge in [0.2, 0.25) is 5.43 Å². The Bertz CT molecular complexity index is 1320. The highest BCUT2D eigenvalue weighted by Crippen LogP contribution is 2.30. The lowest BCUT2D eigenvalue weighted by molar-refractivity contribution is -0.123. The molecule has 4 aromatic rings. The smallest absolute Gasteiger partial charge is 0.257 e. The molecule has 8 nitrogen and oxygen atoms in total. The number of pyridine rings is 1. The van der Waals surface area contributed by atoms with Gasteiger partial charge in [-0.15, -0.1) is 0 Å². The Labute approximate surface area is 189 Å². The summed E-state index contributed by atoms with van der Waals surface area (Å²) < 4.78 is 16.2. The number of fused-ring (bicyclic) bond motifs is 1. The van der Waals surface area contributed by atoms with Crippen LogP contribution < -0.4 is 20.2 Å². The number of aromatic nitrogens is 1. The van der Waals surface area contributed by atoms with Crippen LogP contribution in [0.2, 0.25) is 0 Å². The van der Waals surface area contributed by atoms with Crippen molar-refractivity contribution in [3.63, 3.8) is 0 Å². The number of phenolic OH excluding ortho intramolecular Hbond substituents is 1. The molecule has 0 radical (unpaired) electrons. The van der Waals surface area contributed by atoms with E-state index in [4.69, 9.17) is 13.9 Å². The molecule has 0 aliphatic rings. The normalized spacial score (nSPS) is 10.7. The quantitative estimate of drug-likeness (QED) is 0.427. The molecule has 2 aromatic heterocycles. The summed E-state index contributed by atoms with van der Waals surface area (Å²) in [6.07, 6.45) is 3.63. The van der Waals surface area contributed by atoms with Gasteiger partial charge < -0.3 is 24.3 Å². The lowest BCUT2D eigenvalue weighted by atomic mass is 10.0. The van der Waals surface area contributed by atoms with Gasteiger partial charge in [0.05, 0.1) is 12.7 Å². The summed E-state index contributed by atoms with van der Waals surface area (Å²) in [6.45, 7) is 0.173. The van der Waals surface area contributed by atoms with Crippen LogP contribution in [0.25, 0.3) is 22.1 Å². The van der Waals surface area contributed by atoms with Crippen LogP contribution in [0.5, 0.6) is 17.2 Å². The summed E-state index contributed by atoms with van der Waals surface area (Å²) in [7, 11) is 1.56. The maximum absolute atomic E-state index is 13.0. The summed E-state index contributed by atoms with van der Waals surface area (Å²) in [4.78, 5) is 29.2. The first-order chi connectivity index (χ1) is 16.0. The molecule has 4 rings (SSSR count). The van der Waals surface area contributed by atoms with E-state index in [9.17, 15) is 14.7 Å². The van der Waals surface area contributed by atoms with E-state index < -0.39 is 0 Å². The second kappa shape index (κ2) is 9.86. The molecule has 0 fully saturated rings. The molecule has 0 aliphatic heterocycles. The number of carbonyl (C=O) groups excluding carboxylic acids is 1. The Kier molecular flexibility index (Phi) is 6.54. The first-order valence-electron chi connectivity index (χ1n) is 10.3. The molecule has 0 unspecified atom stereocenters. The number of carbonyl (C=O) groups is 1. The van der Waals surface area contributed by atoms with E-state index in [2.05, 4.69) is 10.3 Å². The summed E-state index contributed by atoms with van der Waals surface area (Å²) in [5.41, 5.74) is 1.60. The number of ether oxygens (including phenoxy) is 2. The molecule has 0 bridgehead atoms. The van der Waals surface area contributed by atoms with Gasteiger partial charge in [-0.1, -0.05) is 18.2 Å². The molecule has 2 aromatic carbocycles. The third-order valence-electron chi connectivity index (χ3n) is 5.03. The number of hydrogen-bond acceptors (Lipinski definition) is 7. The molecule has 1 amide bonds. The Morgan fingerprint density at radius 3 is 2.67 bits per heavy atom. The van der Waals surface area contributed by atoms with Crippen LogP contribution in [0.15, 0.2) is 76.3 Å². The second-order valence-electron chi connectivity index (χ2n) is 7.23. The van der Waals surface area contributed by atoms with Gasteiger partial charge in [0, 0.05) is 37.0 Å². The first kappa shape index (κ1) is 21.9. The maximum Gasteiger partial charge on any atom is 0.257 e. The van der Waals surface area contributed by atoms with Crippen molar-refractivity contribution in [1.29, 1.82) is 0 Å². The Morgan fingerprint density at radius 1 is 1.12 bits per heavy atom. The van der Waals surface area contributed by atoms with Gasteiger partial charge in [0.15, 0.2) is 6.61 Å². The van der Waals surface area contributed by atoms with Crippen molar-refractivity contribution >= 4 is 16.9 Å². The minimum Gasteiger partial charge on any atom is -0.507 e.